The van der Waals surface area contributed by atoms with Crippen molar-refractivity contribution in [3.05, 3.63) is 94.7 Å². The molecule has 2 aromatic carbocycles. The van der Waals surface area contributed by atoms with Crippen molar-refractivity contribution in [3.8, 4) is 0 Å². The second-order valence-electron chi connectivity index (χ2n) is 10.6. The average molecular weight is 544 g/mol. The quantitative estimate of drug-likeness (QED) is 0.444. The van der Waals surface area contributed by atoms with Gasteiger partial charge >= 0.3 is 0 Å². The lowest BCUT2D eigenvalue weighted by molar-refractivity contribution is 0.480. The summed E-state index contributed by atoms with van der Waals surface area (Å²) in [5.41, 5.74) is 5.99. The molecule has 0 radical (unpaired) electrons. The molecule has 7 nitrogen and oxygen atoms in total. The van der Waals surface area contributed by atoms with Crippen molar-refractivity contribution in [2.75, 3.05) is 23.0 Å². The van der Waals surface area contributed by atoms with Gasteiger partial charge in [0.2, 0.25) is 0 Å². The predicted molar refractivity (Wildman–Crippen MR) is 148 cm³/mol. The van der Waals surface area contributed by atoms with E-state index < -0.39 is 31.4 Å². The maximum Gasteiger partial charge on any atom is 0.266 e. The van der Waals surface area contributed by atoms with Crippen LogP contribution in [0.15, 0.2) is 78.0 Å². The molecule has 0 spiro atoms. The first kappa shape index (κ1) is 27.3. The molecule has 0 amide bonds. The molecule has 0 atom stereocenters. The lowest BCUT2D eigenvalue weighted by Crippen LogP contribution is -2.30. The van der Waals surface area contributed by atoms with Gasteiger partial charge in [-0.05, 0) is 46.4 Å². The summed E-state index contributed by atoms with van der Waals surface area (Å²) < 4.78 is 64.9. The van der Waals surface area contributed by atoms with Crippen molar-refractivity contribution in [2.24, 2.45) is 0 Å². The topological polar surface area (TPSA) is 112 Å². The van der Waals surface area contributed by atoms with Crippen LogP contribution in [-0.2, 0) is 31.1 Å². The van der Waals surface area contributed by atoms with Gasteiger partial charge in [0.1, 0.15) is 0 Å². The van der Waals surface area contributed by atoms with Crippen molar-refractivity contribution >= 4 is 31.5 Å². The summed E-state index contributed by atoms with van der Waals surface area (Å²) in [6.07, 6.45) is 6.04. The highest BCUT2D eigenvalue weighted by Crippen LogP contribution is 2.49. The number of fused-ring (bicyclic) bond motifs is 2. The molecule has 0 aromatic heterocycles. The minimum Gasteiger partial charge on any atom is -0.343 e. The molecular weight excluding hydrogens is 510 g/mol. The molecule has 1 heterocycles. The van der Waals surface area contributed by atoms with Crippen LogP contribution in [-0.4, -0.2) is 44.0 Å². The normalized spacial score (nSPS) is 19.6. The smallest absolute Gasteiger partial charge is 0.266 e. The lowest BCUT2D eigenvalue weighted by atomic mass is 9.80. The summed E-state index contributed by atoms with van der Waals surface area (Å²) in [5.74, 6) is -0.761. The zero-order valence-corrected chi connectivity index (χ0v) is 23.1. The highest BCUT2D eigenvalue weighted by molar-refractivity contribution is 7.86. The molecule has 0 fully saturated rings. The number of hydrogen-bond donors (Lipinski definition) is 2. The fourth-order valence-electron chi connectivity index (χ4n) is 5.59. The molecule has 4 rings (SSSR count). The molecule has 2 aromatic rings. The molecule has 2 aliphatic rings. The van der Waals surface area contributed by atoms with E-state index in [1.54, 1.807) is 0 Å². The molecule has 37 heavy (non-hydrogen) atoms. The first-order chi connectivity index (χ1) is 17.1. The van der Waals surface area contributed by atoms with Gasteiger partial charge in [0.15, 0.2) is 0 Å². The first-order valence-corrected chi connectivity index (χ1v) is 15.3. The van der Waals surface area contributed by atoms with Crippen LogP contribution in [0.25, 0.3) is 5.57 Å². The molecule has 0 saturated heterocycles. The summed E-state index contributed by atoms with van der Waals surface area (Å²) in [4.78, 5) is 1.93. The van der Waals surface area contributed by atoms with Crippen LogP contribution in [0.1, 0.15) is 50.8 Å². The van der Waals surface area contributed by atoms with Gasteiger partial charge in [0, 0.05) is 28.8 Å². The average Bonchev–Trinajstić information content (AvgIpc) is 3.15. The highest BCUT2D eigenvalue weighted by Gasteiger charge is 2.40. The lowest BCUT2D eigenvalue weighted by Gasteiger charge is -2.27. The van der Waals surface area contributed by atoms with Crippen molar-refractivity contribution in [2.45, 2.75) is 44.9 Å². The van der Waals surface area contributed by atoms with E-state index in [2.05, 4.69) is 27.7 Å². The number of benzene rings is 2. The number of allylic oxidation sites excluding steroid dienone is 6. The van der Waals surface area contributed by atoms with Crippen LogP contribution in [0.2, 0.25) is 0 Å². The zero-order valence-electron chi connectivity index (χ0n) is 21.5. The number of hydrogen-bond acceptors (Lipinski definition) is 5. The maximum atomic E-state index is 11.5. The van der Waals surface area contributed by atoms with Gasteiger partial charge in [-0.15, -0.1) is 0 Å². The first-order valence-electron chi connectivity index (χ1n) is 12.1. The summed E-state index contributed by atoms with van der Waals surface area (Å²) in [6, 6.07) is 15.7. The van der Waals surface area contributed by atoms with Crippen molar-refractivity contribution in [1.82, 2.24) is 0 Å². The molecule has 9 heteroatoms. The summed E-state index contributed by atoms with van der Waals surface area (Å²) >= 11 is 0. The Bertz CT molecular complexity index is 1530. The Hall–Kier alpha value is -2.72. The Morgan fingerprint density at radius 1 is 0.811 bits per heavy atom. The van der Waals surface area contributed by atoms with E-state index in [0.717, 1.165) is 39.2 Å². The minimum atomic E-state index is -4.14. The van der Waals surface area contributed by atoms with Crippen LogP contribution in [0.3, 0.4) is 0 Å². The van der Waals surface area contributed by atoms with E-state index in [0.29, 0.717) is 0 Å². The van der Waals surface area contributed by atoms with Crippen molar-refractivity contribution < 1.29 is 25.9 Å². The maximum absolute atomic E-state index is 11.5. The van der Waals surface area contributed by atoms with E-state index in [9.17, 15) is 25.9 Å². The summed E-state index contributed by atoms with van der Waals surface area (Å²) in [7, 11) is -8.27. The Balaban J connectivity index is 1.77. The van der Waals surface area contributed by atoms with E-state index in [-0.39, 0.29) is 24.1 Å². The van der Waals surface area contributed by atoms with E-state index in [1.807, 2.05) is 71.7 Å². The van der Waals surface area contributed by atoms with Crippen LogP contribution >= 0.6 is 0 Å². The van der Waals surface area contributed by atoms with Gasteiger partial charge in [-0.25, -0.2) is 0 Å². The van der Waals surface area contributed by atoms with Gasteiger partial charge in [-0.3, -0.25) is 9.11 Å². The number of nitrogens with zero attached hydrogens (tertiary/aromatic N) is 1. The fourth-order valence-corrected chi connectivity index (χ4v) is 6.47. The van der Waals surface area contributed by atoms with Crippen molar-refractivity contribution in [1.29, 1.82) is 0 Å². The standard InChI is InChI=1S/C28H33NO6S2/c1-27(2)22-11-6-5-10-20(22)21(16-18-36(30,31)32)23(27)13-9-15-26-28(3,4)24-12-7-8-14-25(24)29(26)17-19-37(33,34)35/h5-15H,16-19H2,1-4H3,(H,30,31,32)(H,33,34,35)/b13-9?,26-15+. The third-order valence-corrected chi connectivity index (χ3v) is 8.84. The highest BCUT2D eigenvalue weighted by atomic mass is 32.2. The van der Waals surface area contributed by atoms with E-state index >= 15 is 0 Å². The number of rotatable bonds is 8. The van der Waals surface area contributed by atoms with Gasteiger partial charge in [0.25, 0.3) is 20.2 Å². The Labute approximate surface area is 219 Å². The predicted octanol–water partition coefficient (Wildman–Crippen LogP) is 5.14. The van der Waals surface area contributed by atoms with Crippen LogP contribution in [0, 0.1) is 0 Å². The van der Waals surface area contributed by atoms with Crippen LogP contribution in [0.5, 0.6) is 0 Å². The van der Waals surface area contributed by atoms with Crippen LogP contribution < -0.4 is 4.90 Å². The molecule has 1 aliphatic carbocycles. The SMILES string of the molecule is CC1(C)C(C=C/C=C2/N(CCS(=O)(=O)O)c3ccccc3C2(C)C)=C(CCS(=O)(=O)O)c2ccccc21. The molecule has 0 unspecified atom stereocenters. The van der Waals surface area contributed by atoms with Gasteiger partial charge in [-0.1, -0.05) is 82.3 Å². The van der Waals surface area contributed by atoms with Gasteiger partial charge in [-0.2, -0.15) is 16.8 Å². The molecular formula is C28H33NO6S2. The largest absolute Gasteiger partial charge is 0.343 e. The number of anilines is 1. The fraction of sp³-hybridized carbons (Fsp3) is 0.357. The second kappa shape index (κ2) is 9.54. The third-order valence-electron chi connectivity index (χ3n) is 7.42. The number of para-hydroxylation sites is 1. The van der Waals surface area contributed by atoms with E-state index in [4.69, 9.17) is 0 Å². The summed E-state index contributed by atoms with van der Waals surface area (Å²) in [5, 5.41) is 0. The zero-order chi connectivity index (χ0) is 27.2. The summed E-state index contributed by atoms with van der Waals surface area (Å²) in [6.45, 7) is 8.44. The molecule has 1 aliphatic heterocycles. The van der Waals surface area contributed by atoms with Gasteiger partial charge < -0.3 is 4.90 Å². The van der Waals surface area contributed by atoms with E-state index in [1.165, 1.54) is 0 Å². The molecule has 0 bridgehead atoms. The Morgan fingerprint density at radius 2 is 1.41 bits per heavy atom. The Morgan fingerprint density at radius 3 is 2.05 bits per heavy atom. The van der Waals surface area contributed by atoms with Gasteiger partial charge in [0.05, 0.1) is 11.5 Å². The molecule has 198 valence electrons. The van der Waals surface area contributed by atoms with Crippen LogP contribution in [0.4, 0.5) is 5.69 Å². The molecule has 0 saturated carbocycles. The third kappa shape index (κ3) is 5.45. The Kier molecular flexibility index (Phi) is 7.05. The second-order valence-corrected chi connectivity index (χ2v) is 13.7. The molecule has 2 N–H and O–H groups in total. The van der Waals surface area contributed by atoms with Crippen molar-refractivity contribution in [3.63, 3.8) is 0 Å². The minimum absolute atomic E-state index is 0.109. The monoisotopic (exact) mass is 543 g/mol.